The molecule has 0 spiro atoms. The highest BCUT2D eigenvalue weighted by Crippen LogP contribution is 2.26. The number of aromatic hydroxyl groups is 1. The fourth-order valence-electron chi connectivity index (χ4n) is 1.76. The molecular formula is C13H19IO. The third-order valence-corrected chi connectivity index (χ3v) is 3.47. The molecule has 0 saturated carbocycles. The molecule has 0 bridgehead atoms. The average Bonchev–Trinajstić information content (AvgIpc) is 2.23. The third kappa shape index (κ3) is 3.67. The zero-order valence-corrected chi connectivity index (χ0v) is 11.7. The van der Waals surface area contributed by atoms with E-state index in [0.29, 0.717) is 5.75 Å². The second-order valence-corrected chi connectivity index (χ2v) is 4.77. The number of hydrogen-bond acceptors (Lipinski definition) is 1. The molecule has 0 amide bonds. The fraction of sp³-hybridized carbons (Fsp3) is 0.538. The van der Waals surface area contributed by atoms with Crippen LogP contribution in [-0.2, 0) is 10.8 Å². The number of benzene rings is 1. The lowest BCUT2D eigenvalue weighted by Crippen LogP contribution is -1.91. The van der Waals surface area contributed by atoms with E-state index in [0.717, 1.165) is 22.0 Å². The first kappa shape index (κ1) is 12.8. The summed E-state index contributed by atoms with van der Waals surface area (Å²) in [5, 5.41) is 9.79. The first-order valence-corrected chi connectivity index (χ1v) is 7.09. The molecule has 0 aliphatic rings. The van der Waals surface area contributed by atoms with E-state index in [-0.39, 0.29) is 0 Å². The van der Waals surface area contributed by atoms with Crippen molar-refractivity contribution < 1.29 is 5.11 Å². The van der Waals surface area contributed by atoms with Crippen molar-refractivity contribution in [3.05, 3.63) is 28.8 Å². The van der Waals surface area contributed by atoms with Crippen LogP contribution in [0.25, 0.3) is 0 Å². The van der Waals surface area contributed by atoms with Gasteiger partial charge in [-0.25, -0.2) is 0 Å². The van der Waals surface area contributed by atoms with Gasteiger partial charge in [0.2, 0.25) is 0 Å². The summed E-state index contributed by atoms with van der Waals surface area (Å²) in [5.74, 6) is 0.476. The van der Waals surface area contributed by atoms with E-state index < -0.39 is 0 Å². The molecule has 0 heterocycles. The van der Waals surface area contributed by atoms with Crippen LogP contribution >= 0.6 is 22.6 Å². The summed E-state index contributed by atoms with van der Waals surface area (Å²) in [6, 6.07) is 4.26. The smallest absolute Gasteiger partial charge is 0.122 e. The van der Waals surface area contributed by atoms with Gasteiger partial charge in [0.25, 0.3) is 0 Å². The lowest BCUT2D eigenvalue weighted by atomic mass is 10.0. The van der Waals surface area contributed by atoms with Crippen LogP contribution in [0.5, 0.6) is 5.75 Å². The summed E-state index contributed by atoms with van der Waals surface area (Å²) in [6.45, 7) is 4.20. The van der Waals surface area contributed by atoms with E-state index >= 15 is 0 Å². The molecule has 15 heavy (non-hydrogen) atoms. The molecule has 0 aliphatic heterocycles. The van der Waals surface area contributed by atoms with Gasteiger partial charge in [0.05, 0.1) is 0 Å². The first-order chi connectivity index (χ1) is 7.19. The van der Waals surface area contributed by atoms with Crippen LogP contribution in [0.4, 0.5) is 0 Å². The van der Waals surface area contributed by atoms with Gasteiger partial charge in [-0.2, -0.15) is 0 Å². The molecule has 1 nitrogen and oxygen atoms in total. The van der Waals surface area contributed by atoms with Gasteiger partial charge in [-0.3, -0.25) is 0 Å². The standard InChI is InChI=1S/C13H19IO/c1-3-4-5-6-11-7-10(2)13(15)12(8-11)9-14/h7-8,15H,3-6,9H2,1-2H3. The number of phenolic OH excluding ortho intramolecular Hbond substituents is 1. The molecule has 0 fully saturated rings. The Labute approximate surface area is 106 Å². The quantitative estimate of drug-likeness (QED) is 0.486. The van der Waals surface area contributed by atoms with Crippen LogP contribution in [0.3, 0.4) is 0 Å². The number of alkyl halides is 1. The number of phenols is 1. The predicted molar refractivity (Wildman–Crippen MR) is 73.8 cm³/mol. The third-order valence-electron chi connectivity index (χ3n) is 2.65. The predicted octanol–water partition coefficient (Wildman–Crippen LogP) is 4.37. The summed E-state index contributed by atoms with van der Waals surface area (Å²) >= 11 is 2.30. The van der Waals surface area contributed by atoms with Crippen molar-refractivity contribution in [2.24, 2.45) is 0 Å². The summed E-state index contributed by atoms with van der Waals surface area (Å²) in [4.78, 5) is 0. The molecule has 1 rings (SSSR count). The van der Waals surface area contributed by atoms with Gasteiger partial charge in [0.1, 0.15) is 5.75 Å². The maximum Gasteiger partial charge on any atom is 0.122 e. The van der Waals surface area contributed by atoms with Crippen molar-refractivity contribution in [2.45, 2.75) is 44.0 Å². The minimum absolute atomic E-state index is 0.476. The Morgan fingerprint density at radius 2 is 2.00 bits per heavy atom. The van der Waals surface area contributed by atoms with Crippen molar-refractivity contribution in [1.82, 2.24) is 0 Å². The van der Waals surface area contributed by atoms with Crippen LogP contribution < -0.4 is 0 Å². The Morgan fingerprint density at radius 3 is 2.60 bits per heavy atom. The van der Waals surface area contributed by atoms with E-state index in [9.17, 15) is 5.11 Å². The second kappa shape index (κ2) is 6.36. The summed E-state index contributed by atoms with van der Waals surface area (Å²) < 4.78 is 0.881. The van der Waals surface area contributed by atoms with E-state index in [1.54, 1.807) is 0 Å². The summed E-state index contributed by atoms with van der Waals surface area (Å²) in [6.07, 6.45) is 4.94. The summed E-state index contributed by atoms with van der Waals surface area (Å²) in [5.41, 5.74) is 3.45. The number of aryl methyl sites for hydroxylation is 2. The maximum atomic E-state index is 9.79. The van der Waals surface area contributed by atoms with Gasteiger partial charge >= 0.3 is 0 Å². The van der Waals surface area contributed by atoms with Crippen molar-refractivity contribution >= 4 is 22.6 Å². The van der Waals surface area contributed by atoms with Crippen molar-refractivity contribution in [3.8, 4) is 5.75 Å². The zero-order chi connectivity index (χ0) is 11.3. The molecule has 0 aromatic heterocycles. The van der Waals surface area contributed by atoms with E-state index in [1.165, 1.54) is 24.8 Å². The highest BCUT2D eigenvalue weighted by atomic mass is 127. The van der Waals surface area contributed by atoms with Crippen LogP contribution in [0, 0.1) is 6.92 Å². The molecule has 1 N–H and O–H groups in total. The molecule has 0 atom stereocenters. The Kier molecular flexibility index (Phi) is 5.43. The van der Waals surface area contributed by atoms with E-state index in [4.69, 9.17) is 0 Å². The van der Waals surface area contributed by atoms with Gasteiger partial charge in [-0.05, 0) is 30.9 Å². The maximum absolute atomic E-state index is 9.79. The van der Waals surface area contributed by atoms with Crippen molar-refractivity contribution in [1.29, 1.82) is 0 Å². The molecular weight excluding hydrogens is 299 g/mol. The number of halogens is 1. The second-order valence-electron chi connectivity index (χ2n) is 4.01. The molecule has 2 heteroatoms. The van der Waals surface area contributed by atoms with E-state index in [2.05, 4.69) is 41.6 Å². The highest BCUT2D eigenvalue weighted by Gasteiger charge is 2.05. The Bertz CT molecular complexity index is 321. The van der Waals surface area contributed by atoms with Crippen LogP contribution in [0.1, 0.15) is 42.9 Å². The highest BCUT2D eigenvalue weighted by molar-refractivity contribution is 14.1. The van der Waals surface area contributed by atoms with Gasteiger partial charge in [0, 0.05) is 9.99 Å². The largest absolute Gasteiger partial charge is 0.507 e. The molecule has 0 unspecified atom stereocenters. The number of rotatable bonds is 5. The lowest BCUT2D eigenvalue weighted by Gasteiger charge is -2.08. The molecule has 0 aliphatic carbocycles. The van der Waals surface area contributed by atoms with Crippen LogP contribution in [0.15, 0.2) is 12.1 Å². The number of unbranched alkanes of at least 4 members (excludes halogenated alkanes) is 2. The van der Waals surface area contributed by atoms with Gasteiger partial charge in [-0.1, -0.05) is 54.5 Å². The Morgan fingerprint density at radius 1 is 1.27 bits per heavy atom. The molecule has 1 aromatic rings. The van der Waals surface area contributed by atoms with Crippen molar-refractivity contribution in [3.63, 3.8) is 0 Å². The SMILES string of the molecule is CCCCCc1cc(C)c(O)c(CI)c1. The molecule has 1 aromatic carbocycles. The minimum Gasteiger partial charge on any atom is -0.507 e. The zero-order valence-electron chi connectivity index (χ0n) is 9.52. The topological polar surface area (TPSA) is 20.2 Å². The Balaban J connectivity index is 2.77. The van der Waals surface area contributed by atoms with Gasteiger partial charge in [0.15, 0.2) is 0 Å². The fourth-order valence-corrected chi connectivity index (χ4v) is 2.34. The minimum atomic E-state index is 0.476. The van der Waals surface area contributed by atoms with Crippen LogP contribution in [0.2, 0.25) is 0 Å². The van der Waals surface area contributed by atoms with Crippen LogP contribution in [-0.4, -0.2) is 5.11 Å². The van der Waals surface area contributed by atoms with E-state index in [1.807, 2.05) is 6.92 Å². The first-order valence-electron chi connectivity index (χ1n) is 5.56. The molecule has 84 valence electrons. The average molecular weight is 318 g/mol. The van der Waals surface area contributed by atoms with Gasteiger partial charge in [-0.15, -0.1) is 0 Å². The monoisotopic (exact) mass is 318 g/mol. The number of hydrogen-bond donors (Lipinski definition) is 1. The molecule has 0 radical (unpaired) electrons. The van der Waals surface area contributed by atoms with Gasteiger partial charge < -0.3 is 5.11 Å². The molecule has 0 saturated heterocycles. The lowest BCUT2D eigenvalue weighted by molar-refractivity contribution is 0.466. The Hall–Kier alpha value is -0.250. The normalized spacial score (nSPS) is 10.6. The summed E-state index contributed by atoms with van der Waals surface area (Å²) in [7, 11) is 0. The van der Waals surface area contributed by atoms with Crippen molar-refractivity contribution in [2.75, 3.05) is 0 Å².